The van der Waals surface area contributed by atoms with Crippen molar-refractivity contribution in [3.8, 4) is 0 Å². The van der Waals surface area contributed by atoms with Gasteiger partial charge in [-0.25, -0.2) is 0 Å². The zero-order chi connectivity index (χ0) is 16.8. The van der Waals surface area contributed by atoms with Crippen molar-refractivity contribution in [3.05, 3.63) is 24.3 Å². The summed E-state index contributed by atoms with van der Waals surface area (Å²) in [6.07, 6.45) is 1.35. The van der Waals surface area contributed by atoms with Crippen LogP contribution in [0.25, 0.3) is 0 Å². The Hall–Kier alpha value is -1.67. The number of alkyl halides is 2. The molecule has 0 aromatic heterocycles. The number of quaternary nitrogens is 1. The molecule has 8 heteroatoms. The maximum absolute atomic E-state index is 12.5. The Morgan fingerprint density at radius 1 is 1.30 bits per heavy atom. The molecular weight excluding hydrogens is 324 g/mol. The van der Waals surface area contributed by atoms with E-state index in [0.29, 0.717) is 48.3 Å². The predicted molar refractivity (Wildman–Crippen MR) is 84.4 cm³/mol. The molecule has 4 N–H and O–H groups in total. The van der Waals surface area contributed by atoms with Gasteiger partial charge in [0.2, 0.25) is 5.91 Å². The van der Waals surface area contributed by atoms with Gasteiger partial charge in [0.25, 0.3) is 11.7 Å². The van der Waals surface area contributed by atoms with Crippen LogP contribution in [0.15, 0.2) is 29.2 Å². The monoisotopic (exact) mass is 344 g/mol. The molecule has 0 aliphatic carbocycles. The van der Waals surface area contributed by atoms with Crippen LogP contribution in [0.3, 0.4) is 0 Å². The lowest BCUT2D eigenvalue weighted by Crippen LogP contribution is -3.14. The second-order valence-corrected chi connectivity index (χ2v) is 6.56. The third-order valence-corrected chi connectivity index (χ3v) is 4.67. The lowest BCUT2D eigenvalue weighted by Gasteiger charge is -2.27. The minimum atomic E-state index is -2.54. The summed E-state index contributed by atoms with van der Waals surface area (Å²) < 4.78 is 25.0. The van der Waals surface area contributed by atoms with Crippen LogP contribution in [-0.4, -0.2) is 37.2 Å². The van der Waals surface area contributed by atoms with Gasteiger partial charge in [-0.15, -0.1) is 0 Å². The molecule has 1 aliphatic rings. The third-order valence-electron chi connectivity index (χ3n) is 3.88. The average Bonchev–Trinajstić information content (AvgIpc) is 2.49. The Bertz CT molecular complexity index is 563. The van der Waals surface area contributed by atoms with E-state index in [1.807, 2.05) is 0 Å². The van der Waals surface area contributed by atoms with Gasteiger partial charge < -0.3 is 16.0 Å². The molecule has 0 atom stereocenters. The highest BCUT2D eigenvalue weighted by atomic mass is 32.2. The van der Waals surface area contributed by atoms with Crippen LogP contribution in [0.5, 0.6) is 0 Å². The average molecular weight is 344 g/mol. The van der Waals surface area contributed by atoms with E-state index in [9.17, 15) is 18.4 Å². The molecule has 2 amide bonds. The van der Waals surface area contributed by atoms with Crippen molar-refractivity contribution >= 4 is 29.3 Å². The van der Waals surface area contributed by atoms with Gasteiger partial charge in [-0.3, -0.25) is 9.59 Å². The van der Waals surface area contributed by atoms with Crippen molar-refractivity contribution in [2.24, 2.45) is 11.7 Å². The summed E-state index contributed by atoms with van der Waals surface area (Å²) in [6, 6.07) is 6.51. The third kappa shape index (κ3) is 5.47. The number of benzene rings is 1. The molecule has 1 aromatic carbocycles. The van der Waals surface area contributed by atoms with Crippen LogP contribution >= 0.6 is 11.8 Å². The second kappa shape index (κ2) is 8.26. The van der Waals surface area contributed by atoms with Crippen molar-refractivity contribution < 1.29 is 23.3 Å². The molecule has 1 aromatic rings. The molecule has 1 aliphatic heterocycles. The minimum Gasteiger partial charge on any atom is -0.369 e. The van der Waals surface area contributed by atoms with Crippen molar-refractivity contribution in [1.29, 1.82) is 0 Å². The Labute approximate surface area is 137 Å². The first-order chi connectivity index (χ1) is 11.0. The Balaban J connectivity index is 1.87. The van der Waals surface area contributed by atoms with Gasteiger partial charge in [-0.1, -0.05) is 23.9 Å². The molecule has 0 saturated carbocycles. The van der Waals surface area contributed by atoms with Crippen LogP contribution in [0, 0.1) is 5.92 Å². The van der Waals surface area contributed by atoms with Crippen molar-refractivity contribution in [1.82, 2.24) is 0 Å². The number of halogens is 2. The molecule has 0 spiro atoms. The number of piperidine rings is 1. The van der Waals surface area contributed by atoms with E-state index < -0.39 is 5.76 Å². The normalized spacial score (nSPS) is 21.2. The molecule has 0 bridgehead atoms. The lowest BCUT2D eigenvalue weighted by atomic mass is 9.96. The first kappa shape index (κ1) is 17.7. The van der Waals surface area contributed by atoms with Gasteiger partial charge in [0.15, 0.2) is 6.54 Å². The maximum Gasteiger partial charge on any atom is 0.288 e. The number of nitrogens with two attached hydrogens (primary N) is 1. The van der Waals surface area contributed by atoms with Crippen molar-refractivity contribution in [2.75, 3.05) is 25.0 Å². The number of rotatable bonds is 6. The van der Waals surface area contributed by atoms with E-state index in [2.05, 4.69) is 5.32 Å². The summed E-state index contributed by atoms with van der Waals surface area (Å²) in [5.74, 6) is -3.15. The van der Waals surface area contributed by atoms with Crippen LogP contribution in [0.2, 0.25) is 0 Å². The van der Waals surface area contributed by atoms with Crippen LogP contribution in [-0.2, 0) is 9.59 Å². The summed E-state index contributed by atoms with van der Waals surface area (Å²) in [6.45, 7) is 1.65. The Morgan fingerprint density at radius 2 is 1.96 bits per heavy atom. The first-order valence-corrected chi connectivity index (χ1v) is 8.30. The maximum atomic E-state index is 12.5. The molecule has 1 fully saturated rings. The number of hydrogen-bond donors (Lipinski definition) is 3. The number of thioether (sulfide) groups is 1. The number of carbonyl (C=O) groups is 2. The largest absolute Gasteiger partial charge is 0.369 e. The quantitative estimate of drug-likeness (QED) is 0.666. The summed E-state index contributed by atoms with van der Waals surface area (Å²) in [5, 5.41) is 2.69. The smallest absolute Gasteiger partial charge is 0.288 e. The predicted octanol–water partition coefficient (Wildman–Crippen LogP) is 0.720. The highest BCUT2D eigenvalue weighted by molar-refractivity contribution is 7.99. The molecule has 5 nitrogen and oxygen atoms in total. The molecule has 23 heavy (non-hydrogen) atoms. The van der Waals surface area contributed by atoms with Crippen LogP contribution in [0.1, 0.15) is 12.8 Å². The van der Waals surface area contributed by atoms with E-state index in [-0.39, 0.29) is 24.3 Å². The molecule has 0 radical (unpaired) electrons. The number of carbonyl (C=O) groups excluding carboxylic acids is 2. The minimum absolute atomic E-state index is 0.107. The Morgan fingerprint density at radius 3 is 2.57 bits per heavy atom. The van der Waals surface area contributed by atoms with Gasteiger partial charge in [0, 0.05) is 23.7 Å². The number of hydrogen-bond acceptors (Lipinski definition) is 3. The fourth-order valence-corrected chi connectivity index (χ4v) is 3.27. The molecule has 126 valence electrons. The number of primary amides is 1. The van der Waals surface area contributed by atoms with Crippen LogP contribution in [0.4, 0.5) is 14.5 Å². The van der Waals surface area contributed by atoms with Gasteiger partial charge in [-0.2, -0.15) is 8.78 Å². The highest BCUT2D eigenvalue weighted by Crippen LogP contribution is 2.31. The molecule has 1 heterocycles. The molecular formula is C15H20F2N3O2S+. The number of likely N-dealkylation sites (tertiary alicyclic amines) is 1. The van der Waals surface area contributed by atoms with E-state index in [1.165, 1.54) is 0 Å². The SMILES string of the molecule is NC(=O)C1CC[NH+](CC(=O)Nc2ccccc2SC(F)F)CC1. The summed E-state index contributed by atoms with van der Waals surface area (Å²) in [4.78, 5) is 24.6. The summed E-state index contributed by atoms with van der Waals surface area (Å²) in [7, 11) is 0. The topological polar surface area (TPSA) is 76.6 Å². The van der Waals surface area contributed by atoms with E-state index in [1.54, 1.807) is 24.3 Å². The lowest BCUT2D eigenvalue weighted by molar-refractivity contribution is -0.897. The number of anilines is 1. The van der Waals surface area contributed by atoms with Gasteiger partial charge in [0.05, 0.1) is 18.8 Å². The van der Waals surface area contributed by atoms with Gasteiger partial charge >= 0.3 is 0 Å². The standard InChI is InChI=1S/C15H19F2N3O2S/c16-15(17)23-12-4-2-1-3-11(12)19-13(21)9-20-7-5-10(6-8-20)14(18)22/h1-4,10,15H,5-9H2,(H2,18,22)(H,19,21)/p+1. The van der Waals surface area contributed by atoms with Crippen molar-refractivity contribution in [3.63, 3.8) is 0 Å². The van der Waals surface area contributed by atoms with Crippen molar-refractivity contribution in [2.45, 2.75) is 23.5 Å². The van der Waals surface area contributed by atoms with E-state index in [0.717, 1.165) is 4.90 Å². The molecule has 0 unspecified atom stereocenters. The zero-order valence-electron chi connectivity index (χ0n) is 12.6. The fourth-order valence-electron chi connectivity index (χ4n) is 2.68. The fraction of sp³-hybridized carbons (Fsp3) is 0.467. The van der Waals surface area contributed by atoms with Gasteiger partial charge in [-0.05, 0) is 12.1 Å². The van der Waals surface area contributed by atoms with Crippen LogP contribution < -0.4 is 16.0 Å². The summed E-state index contributed by atoms with van der Waals surface area (Å²) in [5.41, 5.74) is 5.68. The van der Waals surface area contributed by atoms with Gasteiger partial charge in [0.1, 0.15) is 0 Å². The molecule has 2 rings (SSSR count). The van der Waals surface area contributed by atoms with E-state index >= 15 is 0 Å². The number of amides is 2. The number of nitrogens with one attached hydrogen (secondary N) is 2. The first-order valence-electron chi connectivity index (χ1n) is 7.42. The molecule has 1 saturated heterocycles. The summed E-state index contributed by atoms with van der Waals surface area (Å²) >= 11 is 0.410. The van der Waals surface area contributed by atoms with E-state index in [4.69, 9.17) is 5.73 Å². The highest BCUT2D eigenvalue weighted by Gasteiger charge is 2.27. The number of para-hydroxylation sites is 1. The second-order valence-electron chi connectivity index (χ2n) is 5.53. The zero-order valence-corrected chi connectivity index (χ0v) is 13.4. The Kier molecular flexibility index (Phi) is 6.35.